The van der Waals surface area contributed by atoms with Crippen molar-refractivity contribution in [3.63, 3.8) is 0 Å². The summed E-state index contributed by atoms with van der Waals surface area (Å²) in [5.74, 6) is -0.0433. The number of amides is 2. The van der Waals surface area contributed by atoms with Crippen LogP contribution >= 0.6 is 0 Å². The van der Waals surface area contributed by atoms with Crippen molar-refractivity contribution in [2.75, 3.05) is 0 Å². The van der Waals surface area contributed by atoms with Crippen LogP contribution in [0.15, 0.2) is 0 Å². The summed E-state index contributed by atoms with van der Waals surface area (Å²) >= 11 is 0. The predicted molar refractivity (Wildman–Crippen MR) is 63.1 cm³/mol. The second-order valence-corrected chi connectivity index (χ2v) is 5.67. The summed E-state index contributed by atoms with van der Waals surface area (Å²) in [4.78, 5) is 25.8. The highest BCUT2D eigenvalue weighted by Crippen LogP contribution is 2.47. The fraction of sp³-hybridized carbons (Fsp3) is 0.846. The molecular formula is C13H21NO3. The monoisotopic (exact) mass is 239 g/mol. The number of aliphatic hydroxyl groups excluding tert-OH is 1. The number of nitrogens with zero attached hydrogens (tertiary/aromatic N) is 1. The molecule has 1 saturated carbocycles. The van der Waals surface area contributed by atoms with Gasteiger partial charge < -0.3 is 5.11 Å². The second kappa shape index (κ2) is 4.41. The van der Waals surface area contributed by atoms with Gasteiger partial charge in [0.1, 0.15) is 0 Å². The van der Waals surface area contributed by atoms with Crippen molar-refractivity contribution < 1.29 is 14.7 Å². The third-order valence-corrected chi connectivity index (χ3v) is 4.11. The lowest BCUT2D eigenvalue weighted by Gasteiger charge is -2.26. The van der Waals surface area contributed by atoms with Gasteiger partial charge in [-0.25, -0.2) is 0 Å². The molecule has 1 N–H and O–H groups in total. The third-order valence-electron chi connectivity index (χ3n) is 4.11. The van der Waals surface area contributed by atoms with E-state index in [4.69, 9.17) is 0 Å². The Morgan fingerprint density at radius 3 is 2.41 bits per heavy atom. The molecular weight excluding hydrogens is 218 g/mol. The molecule has 2 unspecified atom stereocenters. The van der Waals surface area contributed by atoms with Gasteiger partial charge >= 0.3 is 0 Å². The summed E-state index contributed by atoms with van der Waals surface area (Å²) in [5, 5.41) is 9.36. The van der Waals surface area contributed by atoms with E-state index in [0.717, 1.165) is 25.7 Å². The molecule has 1 aliphatic heterocycles. The van der Waals surface area contributed by atoms with Crippen LogP contribution in [-0.4, -0.2) is 34.0 Å². The molecule has 1 aliphatic carbocycles. The molecule has 2 amide bonds. The Morgan fingerprint density at radius 1 is 1.29 bits per heavy atom. The number of imide groups is 1. The Morgan fingerprint density at radius 2 is 1.88 bits per heavy atom. The van der Waals surface area contributed by atoms with E-state index in [-0.39, 0.29) is 23.3 Å². The highest BCUT2D eigenvalue weighted by molar-refractivity contribution is 6.06. The van der Waals surface area contributed by atoms with Crippen LogP contribution in [0.4, 0.5) is 0 Å². The van der Waals surface area contributed by atoms with Gasteiger partial charge in [-0.15, -0.1) is 0 Å². The number of aliphatic hydroxyl groups is 1. The number of rotatable bonds is 3. The number of likely N-dealkylation sites (tertiary alicyclic amines) is 1. The number of hydrogen-bond acceptors (Lipinski definition) is 3. The van der Waals surface area contributed by atoms with E-state index >= 15 is 0 Å². The van der Waals surface area contributed by atoms with Gasteiger partial charge in [0.25, 0.3) is 0 Å². The lowest BCUT2D eigenvalue weighted by atomic mass is 9.84. The van der Waals surface area contributed by atoms with Crippen LogP contribution in [0.25, 0.3) is 0 Å². The molecule has 4 nitrogen and oxygen atoms in total. The number of carbonyl (C=O) groups is 2. The average Bonchev–Trinajstić information content (AvgIpc) is 2.74. The first-order valence-corrected chi connectivity index (χ1v) is 6.51. The zero-order valence-corrected chi connectivity index (χ0v) is 10.6. The maximum atomic E-state index is 12.4. The molecule has 0 aromatic heterocycles. The van der Waals surface area contributed by atoms with Crippen LogP contribution in [0.1, 0.15) is 52.4 Å². The Hall–Kier alpha value is -0.900. The topological polar surface area (TPSA) is 57.6 Å². The first kappa shape index (κ1) is 12.6. The van der Waals surface area contributed by atoms with Crippen molar-refractivity contribution >= 4 is 11.8 Å². The van der Waals surface area contributed by atoms with Crippen molar-refractivity contribution in [2.24, 2.45) is 5.41 Å². The van der Waals surface area contributed by atoms with Crippen LogP contribution in [-0.2, 0) is 9.59 Å². The van der Waals surface area contributed by atoms with Crippen LogP contribution in [0.5, 0.6) is 0 Å². The van der Waals surface area contributed by atoms with Gasteiger partial charge in [0.05, 0.1) is 11.5 Å². The van der Waals surface area contributed by atoms with E-state index in [1.54, 1.807) is 6.92 Å². The summed E-state index contributed by atoms with van der Waals surface area (Å²) in [7, 11) is 0. The molecule has 0 aromatic carbocycles. The molecule has 2 aliphatic rings. The second-order valence-electron chi connectivity index (χ2n) is 5.67. The Labute approximate surface area is 102 Å². The maximum absolute atomic E-state index is 12.4. The average molecular weight is 239 g/mol. The SMILES string of the molecule is CC(O)CC(C)N1C(=O)CC2(CCCC2)C1=O. The molecule has 1 heterocycles. The van der Waals surface area contributed by atoms with Crippen LogP contribution in [0, 0.1) is 5.41 Å². The Balaban J connectivity index is 2.14. The largest absolute Gasteiger partial charge is 0.393 e. The fourth-order valence-electron chi connectivity index (χ4n) is 3.31. The summed E-state index contributed by atoms with van der Waals surface area (Å²) < 4.78 is 0. The Kier molecular flexibility index (Phi) is 3.25. The van der Waals surface area contributed by atoms with Gasteiger partial charge in [0, 0.05) is 12.5 Å². The maximum Gasteiger partial charge on any atom is 0.236 e. The van der Waals surface area contributed by atoms with E-state index in [1.165, 1.54) is 4.90 Å². The summed E-state index contributed by atoms with van der Waals surface area (Å²) in [6, 6.07) is -0.185. The molecule has 17 heavy (non-hydrogen) atoms. The van der Waals surface area contributed by atoms with Crippen LogP contribution < -0.4 is 0 Å². The molecule has 4 heteroatoms. The van der Waals surface area contributed by atoms with Crippen molar-refractivity contribution in [2.45, 2.75) is 64.5 Å². The molecule has 0 aromatic rings. The first-order chi connectivity index (χ1) is 7.96. The molecule has 2 rings (SSSR count). The van der Waals surface area contributed by atoms with Crippen molar-refractivity contribution in [3.8, 4) is 0 Å². The molecule has 96 valence electrons. The molecule has 1 saturated heterocycles. The molecule has 2 atom stereocenters. The zero-order valence-electron chi connectivity index (χ0n) is 10.6. The fourth-order valence-corrected chi connectivity index (χ4v) is 3.31. The standard InChI is InChI=1S/C13H21NO3/c1-9(7-10(2)15)14-11(16)8-13(12(14)17)5-3-4-6-13/h9-10,15H,3-8H2,1-2H3. The molecule has 2 fully saturated rings. The minimum absolute atomic E-state index is 0.00755. The van der Waals surface area contributed by atoms with E-state index in [9.17, 15) is 14.7 Å². The highest BCUT2D eigenvalue weighted by Gasteiger charge is 2.53. The minimum Gasteiger partial charge on any atom is -0.393 e. The predicted octanol–water partition coefficient (Wildman–Crippen LogP) is 1.47. The van der Waals surface area contributed by atoms with Crippen LogP contribution in [0.2, 0.25) is 0 Å². The number of hydrogen-bond donors (Lipinski definition) is 1. The lowest BCUT2D eigenvalue weighted by Crippen LogP contribution is -2.41. The lowest BCUT2D eigenvalue weighted by molar-refractivity contribution is -0.144. The van der Waals surface area contributed by atoms with Gasteiger partial charge in [-0.3, -0.25) is 14.5 Å². The van der Waals surface area contributed by atoms with Crippen molar-refractivity contribution in [3.05, 3.63) is 0 Å². The normalized spacial score (nSPS) is 26.9. The first-order valence-electron chi connectivity index (χ1n) is 6.51. The van der Waals surface area contributed by atoms with Gasteiger partial charge in [-0.05, 0) is 33.1 Å². The van der Waals surface area contributed by atoms with Gasteiger partial charge in [0.15, 0.2) is 0 Å². The van der Waals surface area contributed by atoms with Crippen molar-refractivity contribution in [1.29, 1.82) is 0 Å². The summed E-state index contributed by atoms with van der Waals surface area (Å²) in [6.07, 6.45) is 4.19. The molecule has 1 spiro atoms. The Bertz CT molecular complexity index is 332. The van der Waals surface area contributed by atoms with Gasteiger partial charge in [0.2, 0.25) is 11.8 Å². The molecule has 0 bridgehead atoms. The van der Waals surface area contributed by atoms with E-state index in [2.05, 4.69) is 0 Å². The smallest absolute Gasteiger partial charge is 0.236 e. The van der Waals surface area contributed by atoms with Crippen molar-refractivity contribution in [1.82, 2.24) is 4.90 Å². The summed E-state index contributed by atoms with van der Waals surface area (Å²) in [5.41, 5.74) is -0.385. The van der Waals surface area contributed by atoms with E-state index in [1.807, 2.05) is 6.92 Å². The quantitative estimate of drug-likeness (QED) is 0.759. The minimum atomic E-state index is -0.481. The van der Waals surface area contributed by atoms with E-state index < -0.39 is 6.10 Å². The highest BCUT2D eigenvalue weighted by atomic mass is 16.3. The third kappa shape index (κ3) is 2.10. The zero-order chi connectivity index (χ0) is 12.6. The van der Waals surface area contributed by atoms with E-state index in [0.29, 0.717) is 12.8 Å². The van der Waals surface area contributed by atoms with Crippen LogP contribution in [0.3, 0.4) is 0 Å². The van der Waals surface area contributed by atoms with Gasteiger partial charge in [-0.1, -0.05) is 12.8 Å². The van der Waals surface area contributed by atoms with Gasteiger partial charge in [-0.2, -0.15) is 0 Å². The number of carbonyl (C=O) groups excluding carboxylic acids is 2. The summed E-state index contributed by atoms with van der Waals surface area (Å²) in [6.45, 7) is 3.53. The molecule has 0 radical (unpaired) electrons.